The highest BCUT2D eigenvalue weighted by molar-refractivity contribution is 6.01. The number of pyridine rings is 2. The number of carbonyl (C=O) groups excluding carboxylic acids is 1. The largest absolute Gasteiger partial charge is 0.345 e. The number of fused-ring (bicyclic) bond motifs is 2. The van der Waals surface area contributed by atoms with Crippen LogP contribution in [0.25, 0.3) is 27.8 Å². The van der Waals surface area contributed by atoms with Crippen LogP contribution in [0.2, 0.25) is 0 Å². The lowest BCUT2D eigenvalue weighted by molar-refractivity contribution is 0.0941. The van der Waals surface area contributed by atoms with Crippen molar-refractivity contribution >= 4 is 22.5 Å². The van der Waals surface area contributed by atoms with Crippen LogP contribution in [0.3, 0.4) is 0 Å². The quantitative estimate of drug-likeness (QED) is 0.316. The van der Waals surface area contributed by atoms with Gasteiger partial charge < -0.3 is 5.32 Å². The number of hydrogen-bond donors (Lipinski definition) is 1. The van der Waals surface area contributed by atoms with E-state index in [-0.39, 0.29) is 11.9 Å². The third kappa shape index (κ3) is 4.72. The number of carbonyl (C=O) groups is 1. The van der Waals surface area contributed by atoms with E-state index in [2.05, 4.69) is 38.3 Å². The van der Waals surface area contributed by atoms with Crippen molar-refractivity contribution in [3.8, 4) is 23.1 Å². The summed E-state index contributed by atoms with van der Waals surface area (Å²) in [5.74, 6) is 6.26. The molecule has 1 amide bonds. The molecule has 1 atom stereocenters. The van der Waals surface area contributed by atoms with Crippen LogP contribution in [0.4, 0.5) is 0 Å². The van der Waals surface area contributed by atoms with Crippen molar-refractivity contribution in [1.82, 2.24) is 29.9 Å². The molecule has 0 saturated carbocycles. The lowest BCUT2D eigenvalue weighted by Gasteiger charge is -2.19. The molecule has 6 aromatic rings. The highest BCUT2D eigenvalue weighted by Gasteiger charge is 2.22. The van der Waals surface area contributed by atoms with Gasteiger partial charge >= 0.3 is 0 Å². The predicted molar refractivity (Wildman–Crippen MR) is 151 cm³/mol. The van der Waals surface area contributed by atoms with Gasteiger partial charge in [0.25, 0.3) is 5.91 Å². The number of aromatic nitrogens is 5. The van der Waals surface area contributed by atoms with E-state index in [1.165, 1.54) is 0 Å². The molecule has 6 rings (SSSR count). The van der Waals surface area contributed by atoms with Crippen LogP contribution < -0.4 is 5.32 Å². The SMILES string of the molecule is Cc1nn2cccnc2c1C(=O)N[C@@H](C)c1cc2cccc(C#Cc3ccncc3)c2nc1-c1ccccc1. The fraction of sp³-hybridized carbons (Fsp3) is 0.0938. The number of para-hydroxylation sites is 1. The Kier molecular flexibility index (Phi) is 6.28. The zero-order chi connectivity index (χ0) is 26.8. The molecule has 0 spiro atoms. The van der Waals surface area contributed by atoms with Crippen molar-refractivity contribution < 1.29 is 4.79 Å². The standard InChI is InChI=1S/C32H24N6O/c1-21(35-32(39)28-22(2)37-38-19-7-16-34-31(28)38)27-20-26-11-6-10-25(13-12-23-14-17-33-18-15-23)29(26)36-30(27)24-8-4-3-5-9-24/h3-11,14-21H,1-2H3,(H,35,39)/t21-/m0/s1. The molecule has 188 valence electrons. The van der Waals surface area contributed by atoms with Gasteiger partial charge in [-0.15, -0.1) is 0 Å². The first kappa shape index (κ1) is 24.0. The van der Waals surface area contributed by atoms with Crippen LogP contribution in [0, 0.1) is 18.8 Å². The number of hydrogen-bond acceptors (Lipinski definition) is 5. The molecule has 0 aliphatic rings. The fourth-order valence-electron chi connectivity index (χ4n) is 4.66. The van der Waals surface area contributed by atoms with Crippen LogP contribution in [-0.2, 0) is 0 Å². The lowest BCUT2D eigenvalue weighted by Crippen LogP contribution is -2.27. The van der Waals surface area contributed by atoms with E-state index in [0.717, 1.165) is 38.9 Å². The Labute approximate surface area is 225 Å². The highest BCUT2D eigenvalue weighted by atomic mass is 16.1. The third-order valence-electron chi connectivity index (χ3n) is 6.56. The first-order valence-electron chi connectivity index (χ1n) is 12.6. The maximum Gasteiger partial charge on any atom is 0.257 e. The Balaban J connectivity index is 1.43. The van der Waals surface area contributed by atoms with Crippen molar-refractivity contribution in [3.05, 3.63) is 126 Å². The van der Waals surface area contributed by atoms with Crippen LogP contribution >= 0.6 is 0 Å². The molecule has 7 heteroatoms. The number of benzene rings is 2. The molecular formula is C32H24N6O. The van der Waals surface area contributed by atoms with E-state index in [1.54, 1.807) is 35.4 Å². The minimum atomic E-state index is -0.339. The molecule has 0 bridgehead atoms. The minimum absolute atomic E-state index is 0.232. The van der Waals surface area contributed by atoms with E-state index in [9.17, 15) is 4.79 Å². The Morgan fingerprint density at radius 3 is 2.59 bits per heavy atom. The summed E-state index contributed by atoms with van der Waals surface area (Å²) in [5, 5.41) is 8.54. The van der Waals surface area contributed by atoms with Crippen molar-refractivity contribution in [2.45, 2.75) is 19.9 Å². The van der Waals surface area contributed by atoms with Gasteiger partial charge in [0.05, 0.1) is 28.5 Å². The van der Waals surface area contributed by atoms with E-state index in [4.69, 9.17) is 4.98 Å². The summed E-state index contributed by atoms with van der Waals surface area (Å²) in [6.45, 7) is 3.78. The van der Waals surface area contributed by atoms with Crippen LogP contribution in [0.1, 0.15) is 45.7 Å². The first-order chi connectivity index (χ1) is 19.1. The molecule has 0 unspecified atom stereocenters. The van der Waals surface area contributed by atoms with Gasteiger partial charge in [0.1, 0.15) is 5.56 Å². The molecule has 4 aromatic heterocycles. The number of nitrogens with one attached hydrogen (secondary N) is 1. The normalized spacial score (nSPS) is 11.6. The van der Waals surface area contributed by atoms with Gasteiger partial charge in [-0.1, -0.05) is 54.3 Å². The van der Waals surface area contributed by atoms with Gasteiger partial charge in [-0.2, -0.15) is 5.10 Å². The van der Waals surface area contributed by atoms with Crippen LogP contribution in [-0.4, -0.2) is 30.5 Å². The number of rotatable bonds is 4. The zero-order valence-electron chi connectivity index (χ0n) is 21.5. The number of amides is 1. The average molecular weight is 509 g/mol. The predicted octanol–water partition coefficient (Wildman–Crippen LogP) is 5.54. The summed E-state index contributed by atoms with van der Waals surface area (Å²) in [4.78, 5) is 27.0. The Hall–Kier alpha value is -5.35. The van der Waals surface area contributed by atoms with Crippen LogP contribution in [0.15, 0.2) is 97.6 Å². The molecule has 0 fully saturated rings. The summed E-state index contributed by atoms with van der Waals surface area (Å²) in [5.41, 5.74) is 6.80. The molecule has 39 heavy (non-hydrogen) atoms. The molecule has 0 aliphatic heterocycles. The summed E-state index contributed by atoms with van der Waals surface area (Å²) >= 11 is 0. The van der Waals surface area contributed by atoms with E-state index in [1.807, 2.05) is 74.5 Å². The molecule has 0 aliphatic carbocycles. The van der Waals surface area contributed by atoms with Crippen molar-refractivity contribution in [3.63, 3.8) is 0 Å². The fourth-order valence-corrected chi connectivity index (χ4v) is 4.66. The van der Waals surface area contributed by atoms with Gasteiger partial charge in [0.2, 0.25) is 0 Å². The lowest BCUT2D eigenvalue weighted by atomic mass is 9.97. The van der Waals surface area contributed by atoms with Crippen molar-refractivity contribution in [2.24, 2.45) is 0 Å². The molecular weight excluding hydrogens is 484 g/mol. The maximum absolute atomic E-state index is 13.5. The summed E-state index contributed by atoms with van der Waals surface area (Å²) < 4.78 is 1.62. The molecule has 4 heterocycles. The molecule has 0 radical (unpaired) electrons. The van der Waals surface area contributed by atoms with Gasteiger partial charge in [0, 0.05) is 46.9 Å². The zero-order valence-corrected chi connectivity index (χ0v) is 21.5. The van der Waals surface area contributed by atoms with Crippen LogP contribution in [0.5, 0.6) is 0 Å². The second kappa shape index (κ2) is 10.2. The van der Waals surface area contributed by atoms with Gasteiger partial charge in [-0.25, -0.2) is 14.5 Å². The molecule has 7 nitrogen and oxygen atoms in total. The van der Waals surface area contributed by atoms with Crippen molar-refractivity contribution in [2.75, 3.05) is 0 Å². The summed E-state index contributed by atoms with van der Waals surface area (Å²) in [6, 6.07) is 23.3. The third-order valence-corrected chi connectivity index (χ3v) is 6.56. The highest BCUT2D eigenvalue weighted by Crippen LogP contribution is 2.31. The molecule has 1 N–H and O–H groups in total. The maximum atomic E-state index is 13.5. The van der Waals surface area contributed by atoms with Gasteiger partial charge in [-0.05, 0) is 44.2 Å². The Morgan fingerprint density at radius 1 is 0.949 bits per heavy atom. The number of aryl methyl sites for hydroxylation is 1. The molecule has 2 aromatic carbocycles. The second-order valence-electron chi connectivity index (χ2n) is 9.20. The summed E-state index contributed by atoms with van der Waals surface area (Å²) in [7, 11) is 0. The Morgan fingerprint density at radius 2 is 1.77 bits per heavy atom. The minimum Gasteiger partial charge on any atom is -0.345 e. The van der Waals surface area contributed by atoms with E-state index in [0.29, 0.717) is 16.9 Å². The van der Waals surface area contributed by atoms with Gasteiger partial charge in [-0.3, -0.25) is 9.78 Å². The second-order valence-corrected chi connectivity index (χ2v) is 9.20. The smallest absolute Gasteiger partial charge is 0.257 e. The van der Waals surface area contributed by atoms with Gasteiger partial charge in [0.15, 0.2) is 5.65 Å². The summed E-state index contributed by atoms with van der Waals surface area (Å²) in [6.07, 6.45) is 6.90. The molecule has 0 saturated heterocycles. The number of nitrogens with zero attached hydrogens (tertiary/aromatic N) is 5. The Bertz CT molecular complexity index is 1880. The van der Waals surface area contributed by atoms with E-state index >= 15 is 0 Å². The average Bonchev–Trinajstić information content (AvgIpc) is 3.32. The monoisotopic (exact) mass is 508 g/mol. The van der Waals surface area contributed by atoms with Crippen molar-refractivity contribution in [1.29, 1.82) is 0 Å². The first-order valence-corrected chi connectivity index (χ1v) is 12.6. The van der Waals surface area contributed by atoms with E-state index < -0.39 is 0 Å². The topological polar surface area (TPSA) is 85.1 Å².